The summed E-state index contributed by atoms with van der Waals surface area (Å²) >= 11 is 0. The lowest BCUT2D eigenvalue weighted by atomic mass is 10.2. The minimum absolute atomic E-state index is 0.154. The Hall–Kier alpha value is -3.09. The van der Waals surface area contributed by atoms with Crippen LogP contribution in [0.4, 0.5) is 11.5 Å². The molecule has 0 bridgehead atoms. The van der Waals surface area contributed by atoms with Crippen molar-refractivity contribution < 1.29 is 14.3 Å². The van der Waals surface area contributed by atoms with Crippen molar-refractivity contribution in [2.45, 2.75) is 13.3 Å². The maximum absolute atomic E-state index is 12.4. The number of nitrogens with zero attached hydrogens (tertiary/aromatic N) is 3. The second-order valence-electron chi connectivity index (χ2n) is 6.24. The molecular weight excluding hydrogens is 344 g/mol. The first-order valence-corrected chi connectivity index (χ1v) is 9.12. The van der Waals surface area contributed by atoms with E-state index in [0.717, 1.165) is 11.6 Å². The Balaban J connectivity index is 1.45. The Bertz CT molecular complexity index is 757. The van der Waals surface area contributed by atoms with Gasteiger partial charge in [-0.15, -0.1) is 0 Å². The molecule has 1 N–H and O–H groups in total. The van der Waals surface area contributed by atoms with Crippen molar-refractivity contribution in [1.29, 1.82) is 0 Å². The number of piperazine rings is 1. The molecule has 7 heteroatoms. The lowest BCUT2D eigenvalue weighted by Gasteiger charge is -2.35. The minimum Gasteiger partial charge on any atom is -0.494 e. The topological polar surface area (TPSA) is 74.8 Å². The lowest BCUT2D eigenvalue weighted by Crippen LogP contribution is -2.49. The van der Waals surface area contributed by atoms with E-state index in [1.54, 1.807) is 35.4 Å². The van der Waals surface area contributed by atoms with Gasteiger partial charge in [0, 0.05) is 38.1 Å². The average molecular weight is 368 g/mol. The highest BCUT2D eigenvalue weighted by Gasteiger charge is 2.23. The summed E-state index contributed by atoms with van der Waals surface area (Å²) < 4.78 is 5.37. The zero-order valence-corrected chi connectivity index (χ0v) is 15.4. The Labute approximate surface area is 158 Å². The van der Waals surface area contributed by atoms with Crippen LogP contribution in [0.3, 0.4) is 0 Å². The zero-order chi connectivity index (χ0) is 19.1. The molecule has 1 saturated heterocycles. The molecule has 1 aliphatic rings. The Morgan fingerprint density at radius 2 is 1.81 bits per heavy atom. The summed E-state index contributed by atoms with van der Waals surface area (Å²) in [5.74, 6) is 1.20. The minimum atomic E-state index is -0.309. The molecule has 1 fully saturated rings. The maximum atomic E-state index is 12.4. The second kappa shape index (κ2) is 9.02. The van der Waals surface area contributed by atoms with Crippen molar-refractivity contribution in [3.05, 3.63) is 48.7 Å². The third-order valence-electron chi connectivity index (χ3n) is 4.37. The van der Waals surface area contributed by atoms with Crippen molar-refractivity contribution >= 4 is 23.3 Å². The summed E-state index contributed by atoms with van der Waals surface area (Å²) in [6.07, 6.45) is 1.61. The highest BCUT2D eigenvalue weighted by atomic mass is 16.5. The van der Waals surface area contributed by atoms with Crippen LogP contribution in [0.1, 0.15) is 13.3 Å². The SMILES string of the molecule is CCOc1ccc(NC(=O)CC(=O)N2CCN(c3ccccn3)CC2)cc1. The summed E-state index contributed by atoms with van der Waals surface area (Å²) in [6.45, 7) is 5.11. The molecule has 3 rings (SSSR count). The number of benzene rings is 1. The molecular formula is C20H24N4O3. The second-order valence-corrected chi connectivity index (χ2v) is 6.24. The van der Waals surface area contributed by atoms with E-state index >= 15 is 0 Å². The fourth-order valence-corrected chi connectivity index (χ4v) is 2.98. The molecule has 2 aromatic rings. The first-order valence-electron chi connectivity index (χ1n) is 9.12. The number of aromatic nitrogens is 1. The summed E-state index contributed by atoms with van der Waals surface area (Å²) in [5, 5.41) is 2.75. The smallest absolute Gasteiger partial charge is 0.233 e. The van der Waals surface area contributed by atoms with E-state index in [1.165, 1.54) is 0 Å². The number of amides is 2. The van der Waals surface area contributed by atoms with E-state index in [1.807, 2.05) is 25.1 Å². The predicted octanol–water partition coefficient (Wildman–Crippen LogP) is 2.16. The number of carbonyl (C=O) groups is 2. The van der Waals surface area contributed by atoms with E-state index in [2.05, 4.69) is 15.2 Å². The molecule has 27 heavy (non-hydrogen) atoms. The van der Waals surface area contributed by atoms with E-state index < -0.39 is 0 Å². The van der Waals surface area contributed by atoms with Crippen LogP contribution < -0.4 is 15.0 Å². The van der Waals surface area contributed by atoms with Crippen molar-refractivity contribution in [2.75, 3.05) is 43.0 Å². The number of anilines is 2. The van der Waals surface area contributed by atoms with Crippen LogP contribution in [0.15, 0.2) is 48.7 Å². The first-order chi connectivity index (χ1) is 13.2. The highest BCUT2D eigenvalue weighted by molar-refractivity contribution is 6.03. The third-order valence-corrected chi connectivity index (χ3v) is 4.37. The Morgan fingerprint density at radius 3 is 2.44 bits per heavy atom. The average Bonchev–Trinajstić information content (AvgIpc) is 2.70. The van der Waals surface area contributed by atoms with Gasteiger partial charge in [0.15, 0.2) is 0 Å². The van der Waals surface area contributed by atoms with Crippen molar-refractivity contribution in [3.63, 3.8) is 0 Å². The molecule has 0 aliphatic carbocycles. The quantitative estimate of drug-likeness (QED) is 0.791. The number of ether oxygens (including phenoxy) is 1. The fourth-order valence-electron chi connectivity index (χ4n) is 2.98. The molecule has 142 valence electrons. The number of rotatable bonds is 6. The lowest BCUT2D eigenvalue weighted by molar-refractivity contribution is -0.134. The van der Waals surface area contributed by atoms with Gasteiger partial charge in [-0.3, -0.25) is 9.59 Å². The standard InChI is InChI=1S/C20H24N4O3/c1-2-27-17-8-6-16(7-9-17)22-19(25)15-20(26)24-13-11-23(12-14-24)18-5-3-4-10-21-18/h3-10H,2,11-15H2,1H3,(H,22,25). The number of carbonyl (C=O) groups excluding carboxylic acids is 2. The molecule has 0 spiro atoms. The highest BCUT2D eigenvalue weighted by Crippen LogP contribution is 2.16. The van der Waals surface area contributed by atoms with E-state index in [0.29, 0.717) is 38.5 Å². The van der Waals surface area contributed by atoms with Gasteiger partial charge in [-0.05, 0) is 43.3 Å². The van der Waals surface area contributed by atoms with Crippen LogP contribution in [0.5, 0.6) is 5.75 Å². The third kappa shape index (κ3) is 5.20. The van der Waals surface area contributed by atoms with Crippen LogP contribution in [0, 0.1) is 0 Å². The van der Waals surface area contributed by atoms with Crippen LogP contribution in [-0.4, -0.2) is 54.5 Å². The van der Waals surface area contributed by atoms with Gasteiger partial charge >= 0.3 is 0 Å². The molecule has 0 atom stereocenters. The van der Waals surface area contributed by atoms with Gasteiger partial charge in [0.05, 0.1) is 6.61 Å². The first kappa shape index (κ1) is 18.7. The largest absolute Gasteiger partial charge is 0.494 e. The molecule has 0 radical (unpaired) electrons. The molecule has 2 amide bonds. The van der Waals surface area contributed by atoms with E-state index in [4.69, 9.17) is 4.74 Å². The number of hydrogen-bond acceptors (Lipinski definition) is 5. The van der Waals surface area contributed by atoms with E-state index in [9.17, 15) is 9.59 Å². The van der Waals surface area contributed by atoms with Gasteiger partial charge in [0.25, 0.3) is 0 Å². The molecule has 1 aliphatic heterocycles. The van der Waals surface area contributed by atoms with Gasteiger partial charge in [-0.25, -0.2) is 4.98 Å². The van der Waals surface area contributed by atoms with Crippen LogP contribution in [0.2, 0.25) is 0 Å². The summed E-state index contributed by atoms with van der Waals surface area (Å²) in [5.41, 5.74) is 0.649. The predicted molar refractivity (Wildman–Crippen MR) is 104 cm³/mol. The van der Waals surface area contributed by atoms with Gasteiger partial charge in [-0.2, -0.15) is 0 Å². The molecule has 0 unspecified atom stereocenters. The Kier molecular flexibility index (Phi) is 6.25. The molecule has 2 heterocycles. The van der Waals surface area contributed by atoms with E-state index in [-0.39, 0.29) is 18.2 Å². The number of pyridine rings is 1. The Morgan fingerprint density at radius 1 is 1.07 bits per heavy atom. The van der Waals surface area contributed by atoms with Gasteiger partial charge in [0.2, 0.25) is 11.8 Å². The molecule has 0 saturated carbocycles. The van der Waals surface area contributed by atoms with Crippen molar-refractivity contribution in [3.8, 4) is 5.75 Å². The number of nitrogens with one attached hydrogen (secondary N) is 1. The van der Waals surface area contributed by atoms with Crippen molar-refractivity contribution in [2.24, 2.45) is 0 Å². The number of hydrogen-bond donors (Lipinski definition) is 1. The molecule has 7 nitrogen and oxygen atoms in total. The maximum Gasteiger partial charge on any atom is 0.233 e. The van der Waals surface area contributed by atoms with Crippen LogP contribution in [-0.2, 0) is 9.59 Å². The van der Waals surface area contributed by atoms with Crippen LogP contribution in [0.25, 0.3) is 0 Å². The summed E-state index contributed by atoms with van der Waals surface area (Å²) in [7, 11) is 0. The molecule has 1 aromatic heterocycles. The van der Waals surface area contributed by atoms with Gasteiger partial charge < -0.3 is 19.9 Å². The summed E-state index contributed by atoms with van der Waals surface area (Å²) in [6, 6.07) is 12.9. The monoisotopic (exact) mass is 368 g/mol. The van der Waals surface area contributed by atoms with Crippen LogP contribution >= 0.6 is 0 Å². The van der Waals surface area contributed by atoms with Gasteiger partial charge in [-0.1, -0.05) is 6.07 Å². The van der Waals surface area contributed by atoms with Crippen molar-refractivity contribution in [1.82, 2.24) is 9.88 Å². The summed E-state index contributed by atoms with van der Waals surface area (Å²) in [4.78, 5) is 32.8. The zero-order valence-electron chi connectivity index (χ0n) is 15.4. The molecule has 1 aromatic carbocycles. The normalized spacial score (nSPS) is 14.0. The van der Waals surface area contributed by atoms with Gasteiger partial charge in [0.1, 0.15) is 18.0 Å². The fraction of sp³-hybridized carbons (Fsp3) is 0.350.